The normalized spacial score (nSPS) is 17.5. The second kappa shape index (κ2) is 8.13. The molecule has 5 nitrogen and oxygen atoms in total. The molecule has 1 heterocycles. The van der Waals surface area contributed by atoms with E-state index in [0.717, 1.165) is 0 Å². The third-order valence-corrected chi connectivity index (χ3v) is 6.57. The van der Waals surface area contributed by atoms with E-state index < -0.39 is 11.4 Å². The summed E-state index contributed by atoms with van der Waals surface area (Å²) in [6.07, 6.45) is 1.25. The summed E-state index contributed by atoms with van der Waals surface area (Å²) in [7, 11) is 0. The van der Waals surface area contributed by atoms with Gasteiger partial charge in [-0.15, -0.1) is 0 Å². The number of benzene rings is 2. The van der Waals surface area contributed by atoms with Crippen molar-refractivity contribution in [2.45, 2.75) is 39.0 Å². The molecule has 0 atom stereocenters. The minimum absolute atomic E-state index is 0.0326. The number of rotatable bonds is 5. The van der Waals surface area contributed by atoms with Crippen molar-refractivity contribution < 1.29 is 19.4 Å². The fraction of sp³-hybridized carbons (Fsp3) is 0.440. The topological polar surface area (TPSA) is 66.8 Å². The quantitative estimate of drug-likeness (QED) is 0.744. The number of carboxylic acids is 1. The van der Waals surface area contributed by atoms with Gasteiger partial charge in [-0.3, -0.25) is 4.79 Å². The molecule has 2 aliphatic rings. The van der Waals surface area contributed by atoms with Crippen LogP contribution in [0.4, 0.5) is 4.79 Å². The molecule has 1 N–H and O–H groups in total. The van der Waals surface area contributed by atoms with Crippen molar-refractivity contribution in [3.63, 3.8) is 0 Å². The SMILES string of the molecule is CC(C)CC1(C(=O)O)CCN(C(=O)OCC2c3ccccc3-c3ccccc32)CC1. The third kappa shape index (κ3) is 3.69. The summed E-state index contributed by atoms with van der Waals surface area (Å²) in [5, 5.41) is 9.76. The molecule has 0 unspecified atom stereocenters. The van der Waals surface area contributed by atoms with Gasteiger partial charge in [0.2, 0.25) is 0 Å². The number of carboxylic acid groups (broad SMARTS) is 1. The first-order valence-electron chi connectivity index (χ1n) is 10.7. The summed E-state index contributed by atoms with van der Waals surface area (Å²) >= 11 is 0. The number of carbonyl (C=O) groups excluding carboxylic acids is 1. The van der Waals surface area contributed by atoms with Crippen LogP contribution in [0.5, 0.6) is 0 Å². The number of fused-ring (bicyclic) bond motifs is 3. The van der Waals surface area contributed by atoms with Gasteiger partial charge in [0.15, 0.2) is 0 Å². The Balaban J connectivity index is 1.41. The zero-order valence-electron chi connectivity index (χ0n) is 17.6. The van der Waals surface area contributed by atoms with Crippen LogP contribution in [-0.4, -0.2) is 41.8 Å². The molecule has 0 spiro atoms. The van der Waals surface area contributed by atoms with Gasteiger partial charge >= 0.3 is 12.1 Å². The monoisotopic (exact) mass is 407 g/mol. The molecule has 0 radical (unpaired) electrons. The van der Waals surface area contributed by atoms with Crippen LogP contribution < -0.4 is 0 Å². The van der Waals surface area contributed by atoms with Gasteiger partial charge in [-0.05, 0) is 47.4 Å². The number of hydrogen-bond acceptors (Lipinski definition) is 3. The van der Waals surface area contributed by atoms with Crippen LogP contribution in [0.25, 0.3) is 11.1 Å². The minimum atomic E-state index is -0.747. The summed E-state index contributed by atoms with van der Waals surface area (Å²) in [5.41, 5.74) is 4.05. The predicted octanol–water partition coefficient (Wildman–Crippen LogP) is 5.15. The Bertz CT molecular complexity index is 898. The summed E-state index contributed by atoms with van der Waals surface area (Å²) in [5.74, 6) is -0.407. The van der Waals surface area contributed by atoms with E-state index in [1.54, 1.807) is 4.90 Å². The molecule has 0 saturated carbocycles. The van der Waals surface area contributed by atoms with Crippen molar-refractivity contribution in [1.82, 2.24) is 4.90 Å². The van der Waals surface area contributed by atoms with E-state index in [1.165, 1.54) is 22.3 Å². The van der Waals surface area contributed by atoms with Gasteiger partial charge < -0.3 is 14.7 Å². The number of ether oxygens (including phenoxy) is 1. The number of likely N-dealkylation sites (tertiary alicyclic amines) is 1. The highest BCUT2D eigenvalue weighted by Gasteiger charge is 2.43. The Morgan fingerprint density at radius 2 is 1.57 bits per heavy atom. The zero-order valence-corrected chi connectivity index (χ0v) is 17.6. The first-order chi connectivity index (χ1) is 14.4. The van der Waals surface area contributed by atoms with Gasteiger partial charge in [-0.25, -0.2) is 4.79 Å². The predicted molar refractivity (Wildman–Crippen MR) is 115 cm³/mol. The lowest BCUT2D eigenvalue weighted by Crippen LogP contribution is -2.47. The van der Waals surface area contributed by atoms with Crippen LogP contribution in [0.15, 0.2) is 48.5 Å². The average molecular weight is 408 g/mol. The van der Waals surface area contributed by atoms with Gasteiger partial charge in [0.1, 0.15) is 6.61 Å². The number of carbonyl (C=O) groups is 2. The van der Waals surface area contributed by atoms with Gasteiger partial charge in [0.25, 0.3) is 0 Å². The highest BCUT2D eigenvalue weighted by atomic mass is 16.6. The van der Waals surface area contributed by atoms with E-state index in [0.29, 0.717) is 44.9 Å². The Kier molecular flexibility index (Phi) is 5.54. The lowest BCUT2D eigenvalue weighted by Gasteiger charge is -2.39. The molecular formula is C25H29NO4. The maximum absolute atomic E-state index is 12.7. The average Bonchev–Trinajstić information content (AvgIpc) is 3.06. The van der Waals surface area contributed by atoms with Crippen LogP contribution >= 0.6 is 0 Å². The molecule has 2 aromatic rings. The summed E-state index contributed by atoms with van der Waals surface area (Å²) < 4.78 is 5.73. The van der Waals surface area contributed by atoms with E-state index in [2.05, 4.69) is 24.3 Å². The first-order valence-corrected chi connectivity index (χ1v) is 10.7. The highest BCUT2D eigenvalue weighted by Crippen LogP contribution is 2.44. The molecule has 4 rings (SSSR count). The molecule has 0 bridgehead atoms. The summed E-state index contributed by atoms with van der Waals surface area (Å²) in [4.78, 5) is 26.3. The van der Waals surface area contributed by atoms with E-state index >= 15 is 0 Å². The Morgan fingerprint density at radius 1 is 1.03 bits per heavy atom. The van der Waals surface area contributed by atoms with Gasteiger partial charge in [-0.1, -0.05) is 62.4 Å². The number of amides is 1. The molecule has 1 aliphatic heterocycles. The largest absolute Gasteiger partial charge is 0.481 e. The molecule has 2 aromatic carbocycles. The van der Waals surface area contributed by atoms with Crippen LogP contribution in [0.1, 0.15) is 50.2 Å². The Labute approximate surface area is 177 Å². The minimum Gasteiger partial charge on any atom is -0.481 e. The van der Waals surface area contributed by atoms with Crippen LogP contribution in [0.3, 0.4) is 0 Å². The Morgan fingerprint density at radius 3 is 2.07 bits per heavy atom. The van der Waals surface area contributed by atoms with Gasteiger partial charge in [0, 0.05) is 19.0 Å². The maximum atomic E-state index is 12.7. The zero-order chi connectivity index (χ0) is 21.3. The van der Waals surface area contributed by atoms with Gasteiger partial charge in [-0.2, -0.15) is 0 Å². The summed E-state index contributed by atoms with van der Waals surface area (Å²) in [6.45, 7) is 5.23. The van der Waals surface area contributed by atoms with Gasteiger partial charge in [0.05, 0.1) is 5.41 Å². The van der Waals surface area contributed by atoms with Crippen molar-refractivity contribution in [3.05, 3.63) is 59.7 Å². The highest BCUT2D eigenvalue weighted by molar-refractivity contribution is 5.79. The number of nitrogens with zero attached hydrogens (tertiary/aromatic N) is 1. The molecule has 5 heteroatoms. The second-order valence-electron chi connectivity index (χ2n) is 8.97. The maximum Gasteiger partial charge on any atom is 0.409 e. The molecule has 30 heavy (non-hydrogen) atoms. The van der Waals surface area contributed by atoms with Crippen LogP contribution in [0.2, 0.25) is 0 Å². The first kappa shape index (κ1) is 20.5. The molecule has 1 amide bonds. The van der Waals surface area contributed by atoms with E-state index in [9.17, 15) is 14.7 Å². The third-order valence-electron chi connectivity index (χ3n) is 6.57. The molecule has 158 valence electrons. The van der Waals surface area contributed by atoms with Crippen molar-refractivity contribution in [2.75, 3.05) is 19.7 Å². The van der Waals surface area contributed by atoms with E-state index in [1.807, 2.05) is 38.1 Å². The smallest absolute Gasteiger partial charge is 0.409 e. The number of hydrogen-bond donors (Lipinski definition) is 1. The summed E-state index contributed by atoms with van der Waals surface area (Å²) in [6, 6.07) is 16.5. The fourth-order valence-electron chi connectivity index (χ4n) is 5.09. The molecule has 0 aromatic heterocycles. The molecule has 1 fully saturated rings. The molecule has 1 saturated heterocycles. The van der Waals surface area contributed by atoms with E-state index in [-0.39, 0.29) is 12.0 Å². The second-order valence-corrected chi connectivity index (χ2v) is 8.97. The number of aliphatic carboxylic acids is 1. The molecular weight excluding hydrogens is 378 g/mol. The standard InChI is InChI=1S/C25H29NO4/c1-17(2)15-25(23(27)28)11-13-26(14-12-25)24(29)30-16-22-20-9-5-3-7-18(20)19-8-4-6-10-21(19)22/h3-10,17,22H,11-16H2,1-2H3,(H,27,28). The van der Waals surface area contributed by atoms with Crippen LogP contribution in [0, 0.1) is 11.3 Å². The van der Waals surface area contributed by atoms with Crippen molar-refractivity contribution >= 4 is 12.1 Å². The van der Waals surface area contributed by atoms with Crippen molar-refractivity contribution in [1.29, 1.82) is 0 Å². The van der Waals surface area contributed by atoms with E-state index in [4.69, 9.17) is 4.74 Å². The Hall–Kier alpha value is -2.82. The number of piperidine rings is 1. The lowest BCUT2D eigenvalue weighted by molar-refractivity contribution is -0.153. The van der Waals surface area contributed by atoms with Crippen molar-refractivity contribution in [2.24, 2.45) is 11.3 Å². The lowest BCUT2D eigenvalue weighted by atomic mass is 9.73. The fourth-order valence-corrected chi connectivity index (χ4v) is 5.09. The molecule has 1 aliphatic carbocycles. The van der Waals surface area contributed by atoms with Crippen LogP contribution in [-0.2, 0) is 9.53 Å². The van der Waals surface area contributed by atoms with Crippen molar-refractivity contribution in [3.8, 4) is 11.1 Å².